The third kappa shape index (κ3) is 2.84. The second-order valence-corrected chi connectivity index (χ2v) is 1.84. The van der Waals surface area contributed by atoms with E-state index in [4.69, 9.17) is 5.11 Å². The quantitative estimate of drug-likeness (QED) is 0.702. The van der Waals surface area contributed by atoms with Gasteiger partial charge in [-0.2, -0.15) is 0 Å². The van der Waals surface area contributed by atoms with Gasteiger partial charge < -0.3 is 5.11 Å². The van der Waals surface area contributed by atoms with Crippen LogP contribution in [0.5, 0.6) is 5.75 Å². The van der Waals surface area contributed by atoms with Gasteiger partial charge in [-0.25, -0.2) is 0 Å². The molecule has 1 rings (SSSR count). The summed E-state index contributed by atoms with van der Waals surface area (Å²) in [5, 5.41) is 8.81. The third-order valence-electron chi connectivity index (χ3n) is 1.00. The van der Waals surface area contributed by atoms with Crippen molar-refractivity contribution in [1.29, 1.82) is 0 Å². The first-order valence-electron chi connectivity index (χ1n) is 2.54. The fraction of sp³-hybridized carbons (Fsp3) is 0.143. The Hall–Kier alpha value is -0.0579. The number of benzene rings is 1. The van der Waals surface area contributed by atoms with Crippen molar-refractivity contribution >= 4 is 27.3 Å². The Morgan fingerprint density at radius 1 is 1.33 bits per heavy atom. The molecule has 0 aliphatic heterocycles. The van der Waals surface area contributed by atoms with Crippen LogP contribution in [-0.2, 0) is 0 Å². The van der Waals surface area contributed by atoms with Crippen LogP contribution in [0.2, 0.25) is 0 Å². The van der Waals surface area contributed by atoms with Crippen molar-refractivity contribution in [2.24, 2.45) is 0 Å². The average molecular weight is 317 g/mol. The van der Waals surface area contributed by atoms with E-state index in [1.165, 1.54) is 0 Å². The number of hydrogen-bond donors (Lipinski definition) is 1. The minimum atomic E-state index is 0. The topological polar surface area (TPSA) is 20.2 Å². The van der Waals surface area contributed by atoms with Crippen molar-refractivity contribution in [1.82, 2.24) is 0 Å². The van der Waals surface area contributed by atoms with Crippen molar-refractivity contribution in [2.75, 3.05) is 0 Å². The summed E-state index contributed by atoms with van der Waals surface area (Å²) >= 11 is 0. The van der Waals surface area contributed by atoms with Crippen molar-refractivity contribution in [3.63, 3.8) is 0 Å². The molecule has 0 bridgehead atoms. The summed E-state index contributed by atoms with van der Waals surface area (Å²) in [7, 11) is 0. The molecule has 1 N–H and O–H groups in total. The van der Waals surface area contributed by atoms with Gasteiger partial charge in [0, 0.05) is 0 Å². The molecule has 0 amide bonds. The number of aromatic hydroxyl groups is 1. The van der Waals surface area contributed by atoms with E-state index in [0.717, 1.165) is 5.56 Å². The molecule has 0 atom stereocenters. The first-order chi connectivity index (χ1) is 3.79. The van der Waals surface area contributed by atoms with Gasteiger partial charge in [-0.15, -0.1) is 0 Å². The van der Waals surface area contributed by atoms with Crippen LogP contribution in [0.25, 0.3) is 0 Å². The average Bonchev–Trinajstić information content (AvgIpc) is 1.64. The molecule has 1 aromatic rings. The second-order valence-electron chi connectivity index (χ2n) is 1.84. The normalized spacial score (nSPS) is 8.11. The fourth-order valence-electron chi connectivity index (χ4n) is 0.628. The fourth-order valence-corrected chi connectivity index (χ4v) is 0.628. The van der Waals surface area contributed by atoms with Gasteiger partial charge in [0.2, 0.25) is 0 Å². The predicted octanol–water partition coefficient (Wildman–Crippen LogP) is 0.784. The van der Waals surface area contributed by atoms with Crippen molar-refractivity contribution in [3.8, 4) is 5.75 Å². The van der Waals surface area contributed by atoms with Crippen LogP contribution in [0, 0.1) is 6.92 Å². The molecule has 1 nitrogen and oxygen atoms in total. The number of phenols is 1. The van der Waals surface area contributed by atoms with Gasteiger partial charge in [-0.3, -0.25) is 0 Å². The maximum atomic E-state index is 8.81. The van der Waals surface area contributed by atoms with Gasteiger partial charge in [0.15, 0.2) is 0 Å². The van der Waals surface area contributed by atoms with E-state index in [1.807, 2.05) is 19.1 Å². The molecule has 0 fully saturated rings. The van der Waals surface area contributed by atoms with Gasteiger partial charge in [-0.05, 0) is 24.6 Å². The Morgan fingerprint density at radius 2 is 2.00 bits per heavy atom. The zero-order valence-electron chi connectivity index (χ0n) is 5.46. The summed E-state index contributed by atoms with van der Waals surface area (Å²) in [5.41, 5.74) is 1.09. The second kappa shape index (κ2) is 3.87. The molecule has 0 aromatic heterocycles. The van der Waals surface area contributed by atoms with E-state index in [1.54, 1.807) is 12.1 Å². The molecule has 0 aliphatic rings. The first kappa shape index (κ1) is 8.94. The molecule has 0 spiro atoms. The molecule has 1 aromatic carbocycles. The Kier molecular flexibility index (Phi) is 3.85. The van der Waals surface area contributed by atoms with E-state index in [-0.39, 0.29) is 27.3 Å². The van der Waals surface area contributed by atoms with Crippen LogP contribution < -0.4 is 0 Å². The van der Waals surface area contributed by atoms with E-state index >= 15 is 0 Å². The Morgan fingerprint density at radius 3 is 2.33 bits per heavy atom. The van der Waals surface area contributed by atoms with E-state index in [9.17, 15) is 0 Å². The standard InChI is InChI=1S/C7H8O.Pb.2H/c1-6-3-2-4-7(8)5-6;;;/h2-5,8H,1H3;;;. The SMILES string of the molecule is Cc1cccc(O)c1.[PbH2]. The Balaban J connectivity index is 0.000000640. The van der Waals surface area contributed by atoms with Gasteiger partial charge >= 0.3 is 27.3 Å². The summed E-state index contributed by atoms with van der Waals surface area (Å²) in [6, 6.07) is 7.15. The van der Waals surface area contributed by atoms with Gasteiger partial charge in [0.25, 0.3) is 0 Å². The predicted molar refractivity (Wildman–Crippen MR) is 41.4 cm³/mol. The molecule has 2 heteroatoms. The third-order valence-corrected chi connectivity index (χ3v) is 1.00. The molecule has 0 saturated heterocycles. The van der Waals surface area contributed by atoms with Crippen LogP contribution in [0.3, 0.4) is 0 Å². The summed E-state index contributed by atoms with van der Waals surface area (Å²) in [4.78, 5) is 0. The van der Waals surface area contributed by atoms with Crippen LogP contribution in [0.15, 0.2) is 24.3 Å². The van der Waals surface area contributed by atoms with Crippen LogP contribution in [-0.4, -0.2) is 32.4 Å². The van der Waals surface area contributed by atoms with Crippen LogP contribution in [0.1, 0.15) is 5.56 Å². The summed E-state index contributed by atoms with van der Waals surface area (Å²) in [6.07, 6.45) is 0. The zero-order valence-corrected chi connectivity index (χ0v) is 11.0. The zero-order chi connectivity index (χ0) is 5.98. The molecule has 0 unspecified atom stereocenters. The monoisotopic (exact) mass is 318 g/mol. The molecule has 0 saturated carbocycles. The van der Waals surface area contributed by atoms with Gasteiger partial charge in [0.1, 0.15) is 5.75 Å². The van der Waals surface area contributed by atoms with Crippen molar-refractivity contribution < 1.29 is 5.11 Å². The summed E-state index contributed by atoms with van der Waals surface area (Å²) < 4.78 is 0. The number of rotatable bonds is 0. The molecule has 2 radical (unpaired) electrons. The summed E-state index contributed by atoms with van der Waals surface area (Å²) in [5.74, 6) is 0.338. The van der Waals surface area contributed by atoms with Crippen molar-refractivity contribution in [3.05, 3.63) is 29.8 Å². The molecule has 9 heavy (non-hydrogen) atoms. The maximum absolute atomic E-state index is 8.81. The molecule has 0 aliphatic carbocycles. The number of hydrogen-bond acceptors (Lipinski definition) is 1. The Labute approximate surface area is 74.9 Å². The molecular weight excluding hydrogens is 307 g/mol. The van der Waals surface area contributed by atoms with Crippen LogP contribution in [0.4, 0.5) is 0 Å². The molecule has 48 valence electrons. The Bertz CT molecular complexity index is 169. The molecule has 0 heterocycles. The van der Waals surface area contributed by atoms with E-state index < -0.39 is 0 Å². The number of phenolic OH excluding ortho intramolecular Hbond substituents is 1. The first-order valence-corrected chi connectivity index (χ1v) is 2.54. The minimum absolute atomic E-state index is 0. The van der Waals surface area contributed by atoms with Gasteiger partial charge in [0.05, 0.1) is 0 Å². The molecular formula is C7H10OPb. The van der Waals surface area contributed by atoms with Gasteiger partial charge in [-0.1, -0.05) is 12.1 Å². The van der Waals surface area contributed by atoms with E-state index in [2.05, 4.69) is 0 Å². The van der Waals surface area contributed by atoms with E-state index in [0.29, 0.717) is 5.75 Å². The summed E-state index contributed by atoms with van der Waals surface area (Å²) in [6.45, 7) is 1.94. The number of aryl methyl sites for hydroxylation is 1. The van der Waals surface area contributed by atoms with Crippen LogP contribution >= 0.6 is 0 Å². The van der Waals surface area contributed by atoms with Crippen molar-refractivity contribution in [2.45, 2.75) is 6.92 Å².